The molecule has 0 aromatic heterocycles. The first kappa shape index (κ1) is 6.69. The van der Waals surface area contributed by atoms with Crippen LogP contribution in [0.4, 0.5) is 0 Å². The summed E-state index contributed by atoms with van der Waals surface area (Å²) in [5.74, 6) is 2.09. The minimum atomic E-state index is 1.01. The molecule has 0 saturated heterocycles. The van der Waals surface area contributed by atoms with Gasteiger partial charge < -0.3 is 0 Å². The molecule has 0 heteroatoms. The molecular weight excluding hydrogens is 120 g/mol. The van der Waals surface area contributed by atoms with Crippen LogP contribution in [-0.2, 0) is 0 Å². The van der Waals surface area contributed by atoms with E-state index in [9.17, 15) is 0 Å². The topological polar surface area (TPSA) is 0 Å². The Bertz CT molecular complexity index is 79.1. The zero-order valence-electron chi connectivity index (χ0n) is 6.68. The standard InChI is InChI=1S/C10H17/c1-2-4-10-7-5-9(3-1)6-8-10/h5,9-10H,1-4,6-8H2. The highest BCUT2D eigenvalue weighted by molar-refractivity contribution is 4.87. The average molecular weight is 137 g/mol. The highest BCUT2D eigenvalue weighted by Crippen LogP contribution is 2.36. The van der Waals surface area contributed by atoms with Crippen LogP contribution in [0.15, 0.2) is 0 Å². The van der Waals surface area contributed by atoms with E-state index in [0.29, 0.717) is 0 Å². The molecule has 0 nitrogen and oxygen atoms in total. The van der Waals surface area contributed by atoms with Gasteiger partial charge in [-0.05, 0) is 31.1 Å². The summed E-state index contributed by atoms with van der Waals surface area (Å²) in [5, 5.41) is 0. The maximum atomic E-state index is 2.59. The molecule has 3 aliphatic rings. The van der Waals surface area contributed by atoms with E-state index in [-0.39, 0.29) is 0 Å². The molecule has 2 bridgehead atoms. The molecule has 0 amide bonds. The molecule has 0 heterocycles. The van der Waals surface area contributed by atoms with Crippen LogP contribution in [0.25, 0.3) is 0 Å². The molecule has 3 aliphatic carbocycles. The van der Waals surface area contributed by atoms with Crippen LogP contribution in [0.2, 0.25) is 0 Å². The van der Waals surface area contributed by atoms with Gasteiger partial charge in [-0.1, -0.05) is 32.1 Å². The third kappa shape index (κ3) is 1.36. The van der Waals surface area contributed by atoms with E-state index in [2.05, 4.69) is 6.42 Å². The molecule has 2 unspecified atom stereocenters. The molecule has 0 aromatic carbocycles. The number of fused-ring (bicyclic) bond motifs is 5. The van der Waals surface area contributed by atoms with Crippen molar-refractivity contribution in [1.82, 2.24) is 0 Å². The summed E-state index contributed by atoms with van der Waals surface area (Å²) in [6.07, 6.45) is 13.1. The van der Waals surface area contributed by atoms with Gasteiger partial charge in [-0.25, -0.2) is 0 Å². The molecule has 0 aromatic rings. The largest absolute Gasteiger partial charge is 0.0530 e. The van der Waals surface area contributed by atoms with Crippen molar-refractivity contribution in [3.05, 3.63) is 6.42 Å². The van der Waals surface area contributed by atoms with Crippen LogP contribution in [0.3, 0.4) is 0 Å². The van der Waals surface area contributed by atoms with E-state index in [1.54, 1.807) is 0 Å². The van der Waals surface area contributed by atoms with Gasteiger partial charge in [-0.2, -0.15) is 0 Å². The highest BCUT2D eigenvalue weighted by atomic mass is 14.3. The van der Waals surface area contributed by atoms with Crippen LogP contribution in [0.1, 0.15) is 44.9 Å². The average Bonchev–Trinajstić information content (AvgIpc) is 1.89. The lowest BCUT2D eigenvalue weighted by Crippen LogP contribution is -2.17. The van der Waals surface area contributed by atoms with Crippen LogP contribution in [0, 0.1) is 18.3 Å². The lowest BCUT2D eigenvalue weighted by molar-refractivity contribution is 0.273. The lowest BCUT2D eigenvalue weighted by Gasteiger charge is -2.31. The summed E-state index contributed by atoms with van der Waals surface area (Å²) in [6.45, 7) is 0. The van der Waals surface area contributed by atoms with Gasteiger partial charge in [0, 0.05) is 0 Å². The normalized spacial score (nSPS) is 40.8. The molecule has 2 atom stereocenters. The van der Waals surface area contributed by atoms with Gasteiger partial charge in [0.05, 0.1) is 0 Å². The third-order valence-corrected chi connectivity index (χ3v) is 3.19. The smallest absolute Gasteiger partial charge is 0.0352 e. The zero-order valence-corrected chi connectivity index (χ0v) is 6.68. The first-order valence-electron chi connectivity index (χ1n) is 4.78. The van der Waals surface area contributed by atoms with Crippen LogP contribution in [0.5, 0.6) is 0 Å². The van der Waals surface area contributed by atoms with Crippen molar-refractivity contribution in [3.8, 4) is 0 Å². The van der Waals surface area contributed by atoms with Gasteiger partial charge in [0.25, 0.3) is 0 Å². The van der Waals surface area contributed by atoms with Gasteiger partial charge in [0.2, 0.25) is 0 Å². The lowest BCUT2D eigenvalue weighted by atomic mass is 9.75. The monoisotopic (exact) mass is 137 g/mol. The van der Waals surface area contributed by atoms with Gasteiger partial charge in [-0.15, -0.1) is 0 Å². The first-order valence-corrected chi connectivity index (χ1v) is 4.78. The van der Waals surface area contributed by atoms with Crippen LogP contribution < -0.4 is 0 Å². The maximum Gasteiger partial charge on any atom is -0.0352 e. The molecule has 0 N–H and O–H groups in total. The minimum Gasteiger partial charge on any atom is -0.0530 e. The van der Waals surface area contributed by atoms with Crippen LogP contribution >= 0.6 is 0 Å². The molecule has 0 aliphatic heterocycles. The summed E-state index contributed by atoms with van der Waals surface area (Å²) in [6, 6.07) is 0. The summed E-state index contributed by atoms with van der Waals surface area (Å²) in [5.41, 5.74) is 0. The Kier molecular flexibility index (Phi) is 1.97. The molecular formula is C10H17. The quantitative estimate of drug-likeness (QED) is 0.481. The van der Waals surface area contributed by atoms with Gasteiger partial charge >= 0.3 is 0 Å². The summed E-state index contributed by atoms with van der Waals surface area (Å²) >= 11 is 0. The Hall–Kier alpha value is 0. The zero-order chi connectivity index (χ0) is 6.81. The maximum absolute atomic E-state index is 2.59. The fraction of sp³-hybridized carbons (Fsp3) is 0.900. The van der Waals surface area contributed by atoms with E-state index in [0.717, 1.165) is 11.8 Å². The predicted octanol–water partition coefficient (Wildman–Crippen LogP) is 3.18. The van der Waals surface area contributed by atoms with Crippen molar-refractivity contribution >= 4 is 0 Å². The summed E-state index contributed by atoms with van der Waals surface area (Å²) < 4.78 is 0. The Morgan fingerprint density at radius 3 is 2.60 bits per heavy atom. The third-order valence-electron chi connectivity index (χ3n) is 3.19. The van der Waals surface area contributed by atoms with E-state index >= 15 is 0 Å². The Morgan fingerprint density at radius 1 is 0.900 bits per heavy atom. The van der Waals surface area contributed by atoms with Crippen molar-refractivity contribution in [2.75, 3.05) is 0 Å². The Balaban J connectivity index is 1.94. The molecule has 3 rings (SSSR count). The second-order valence-electron chi connectivity index (χ2n) is 3.96. The van der Waals surface area contributed by atoms with Crippen molar-refractivity contribution in [2.24, 2.45) is 11.8 Å². The summed E-state index contributed by atoms with van der Waals surface area (Å²) in [7, 11) is 0. The molecule has 10 heavy (non-hydrogen) atoms. The van der Waals surface area contributed by atoms with E-state index in [4.69, 9.17) is 0 Å². The van der Waals surface area contributed by atoms with Crippen molar-refractivity contribution in [1.29, 1.82) is 0 Å². The Morgan fingerprint density at radius 2 is 1.80 bits per heavy atom. The number of rotatable bonds is 0. The highest BCUT2D eigenvalue weighted by Gasteiger charge is 2.22. The van der Waals surface area contributed by atoms with E-state index in [1.807, 2.05) is 0 Å². The van der Waals surface area contributed by atoms with Crippen molar-refractivity contribution < 1.29 is 0 Å². The number of hydrogen-bond acceptors (Lipinski definition) is 0. The second-order valence-corrected chi connectivity index (χ2v) is 3.96. The fourth-order valence-corrected chi connectivity index (χ4v) is 2.43. The minimum absolute atomic E-state index is 1.01. The van der Waals surface area contributed by atoms with Crippen molar-refractivity contribution in [2.45, 2.75) is 44.9 Å². The predicted molar refractivity (Wildman–Crippen MR) is 43.6 cm³/mol. The van der Waals surface area contributed by atoms with E-state index in [1.165, 1.54) is 44.9 Å². The summed E-state index contributed by atoms with van der Waals surface area (Å²) in [4.78, 5) is 0. The first-order chi connectivity index (χ1) is 4.95. The number of hydrogen-bond donors (Lipinski definition) is 0. The molecule has 3 saturated carbocycles. The van der Waals surface area contributed by atoms with Gasteiger partial charge in [0.1, 0.15) is 0 Å². The van der Waals surface area contributed by atoms with Crippen LogP contribution in [-0.4, -0.2) is 0 Å². The molecule has 57 valence electrons. The van der Waals surface area contributed by atoms with Gasteiger partial charge in [-0.3, -0.25) is 0 Å². The SMILES string of the molecule is [CH]1CC2CCCCC1CC2. The van der Waals surface area contributed by atoms with Gasteiger partial charge in [0.15, 0.2) is 0 Å². The fourth-order valence-electron chi connectivity index (χ4n) is 2.43. The molecule has 0 spiro atoms. The van der Waals surface area contributed by atoms with E-state index < -0.39 is 0 Å². The molecule has 3 fully saturated rings. The van der Waals surface area contributed by atoms with Crippen molar-refractivity contribution in [3.63, 3.8) is 0 Å². The Labute approximate surface area is 64.0 Å². The second kappa shape index (κ2) is 2.94. The molecule has 1 radical (unpaired) electrons.